The van der Waals surface area contributed by atoms with Gasteiger partial charge in [-0.05, 0) is 62.3 Å². The fourth-order valence-corrected chi connectivity index (χ4v) is 4.31. The monoisotopic (exact) mass is 380 g/mol. The summed E-state index contributed by atoms with van der Waals surface area (Å²) in [5, 5.41) is 11.9. The average molecular weight is 380 g/mol. The molecule has 3 N–H and O–H groups in total. The number of aryl methyl sites for hydroxylation is 2. The van der Waals surface area contributed by atoms with E-state index in [1.165, 1.54) is 11.3 Å². The fraction of sp³-hybridized carbons (Fsp3) is 0.364. The van der Waals surface area contributed by atoms with Crippen LogP contribution in [0.4, 0.5) is 5.69 Å². The minimum atomic E-state index is -0.827. The highest BCUT2D eigenvalue weighted by Crippen LogP contribution is 2.40. The van der Waals surface area contributed by atoms with Crippen LogP contribution in [-0.4, -0.2) is 29.1 Å². The van der Waals surface area contributed by atoms with Gasteiger partial charge in [-0.15, -0.1) is 0 Å². The number of H-pyrrole nitrogens is 1. The molecule has 6 nitrogen and oxygen atoms in total. The molecule has 2 aliphatic rings. The lowest BCUT2D eigenvalue weighted by Crippen LogP contribution is -2.03. The lowest BCUT2D eigenvalue weighted by molar-refractivity contribution is -0.137. The van der Waals surface area contributed by atoms with Crippen molar-refractivity contribution in [2.75, 3.05) is 12.4 Å². The van der Waals surface area contributed by atoms with Crippen molar-refractivity contribution in [1.82, 2.24) is 4.98 Å². The van der Waals surface area contributed by atoms with Gasteiger partial charge in [0, 0.05) is 28.9 Å². The molecule has 1 aliphatic carbocycles. The Morgan fingerprint density at radius 2 is 2.07 bits per heavy atom. The van der Waals surface area contributed by atoms with Crippen LogP contribution in [0.1, 0.15) is 52.9 Å². The number of carbonyl (C=O) groups is 2. The molecule has 0 atom stereocenters. The van der Waals surface area contributed by atoms with Crippen LogP contribution < -0.4 is 10.1 Å². The van der Waals surface area contributed by atoms with Crippen LogP contribution in [0.15, 0.2) is 12.1 Å². The number of amides is 1. The standard InChI is InChI=1S/C22H24N2O4/c1-12-13(8-10-19(25)26)7-9-17-20(12)15(22(27)24-17)11-18-21(28-2)14-5-3-4-6-16(14)23-18/h7,9,11,23H,3-6,8,10H2,1-2H3,(H,24,27)(H,25,26). The van der Waals surface area contributed by atoms with E-state index in [0.717, 1.165) is 59.5 Å². The van der Waals surface area contributed by atoms with Crippen LogP contribution in [0, 0.1) is 6.92 Å². The van der Waals surface area contributed by atoms with Crippen molar-refractivity contribution in [1.29, 1.82) is 0 Å². The summed E-state index contributed by atoms with van der Waals surface area (Å²) in [7, 11) is 1.66. The third-order valence-corrected chi connectivity index (χ3v) is 5.71. The first-order valence-electron chi connectivity index (χ1n) is 9.65. The van der Waals surface area contributed by atoms with Crippen LogP contribution in [0.3, 0.4) is 0 Å². The highest BCUT2D eigenvalue weighted by Gasteiger charge is 2.28. The summed E-state index contributed by atoms with van der Waals surface area (Å²) in [6.45, 7) is 1.95. The number of aromatic amines is 1. The van der Waals surface area contributed by atoms with Gasteiger partial charge in [-0.3, -0.25) is 9.59 Å². The second kappa shape index (κ2) is 7.19. The van der Waals surface area contributed by atoms with Crippen molar-refractivity contribution in [3.63, 3.8) is 0 Å². The Morgan fingerprint density at radius 3 is 2.82 bits per heavy atom. The highest BCUT2D eigenvalue weighted by molar-refractivity contribution is 6.35. The summed E-state index contributed by atoms with van der Waals surface area (Å²) in [6, 6.07) is 3.75. The van der Waals surface area contributed by atoms with Gasteiger partial charge < -0.3 is 20.1 Å². The number of aliphatic carboxylic acids is 1. The number of methoxy groups -OCH3 is 1. The van der Waals surface area contributed by atoms with Crippen molar-refractivity contribution in [2.45, 2.75) is 45.4 Å². The Hall–Kier alpha value is -3.02. The molecule has 4 rings (SSSR count). The summed E-state index contributed by atoms with van der Waals surface area (Å²) in [4.78, 5) is 27.1. The van der Waals surface area contributed by atoms with Gasteiger partial charge in [-0.2, -0.15) is 0 Å². The number of rotatable bonds is 5. The molecule has 2 aromatic rings. The number of nitrogens with one attached hydrogen (secondary N) is 2. The minimum Gasteiger partial charge on any atom is -0.494 e. The predicted octanol–water partition coefficient (Wildman–Crippen LogP) is 3.72. The maximum absolute atomic E-state index is 12.7. The Morgan fingerprint density at radius 1 is 1.29 bits per heavy atom. The molecule has 0 unspecified atom stereocenters. The number of carboxylic acid groups (broad SMARTS) is 1. The molecule has 6 heteroatoms. The molecule has 0 saturated heterocycles. The number of ether oxygens (including phenoxy) is 1. The third-order valence-electron chi connectivity index (χ3n) is 5.71. The van der Waals surface area contributed by atoms with Crippen LogP contribution in [-0.2, 0) is 28.9 Å². The van der Waals surface area contributed by atoms with Crippen LogP contribution in [0.2, 0.25) is 0 Å². The van der Waals surface area contributed by atoms with E-state index in [1.807, 2.05) is 25.1 Å². The number of anilines is 1. The van der Waals surface area contributed by atoms with Crippen molar-refractivity contribution in [3.8, 4) is 5.75 Å². The van der Waals surface area contributed by atoms with E-state index in [1.54, 1.807) is 7.11 Å². The lowest BCUT2D eigenvalue weighted by atomic mass is 9.94. The number of carboxylic acids is 1. The molecular weight excluding hydrogens is 356 g/mol. The molecule has 28 heavy (non-hydrogen) atoms. The second-order valence-electron chi connectivity index (χ2n) is 7.41. The van der Waals surface area contributed by atoms with Gasteiger partial charge in [0.05, 0.1) is 18.4 Å². The molecule has 1 aliphatic heterocycles. The first kappa shape index (κ1) is 18.3. The van der Waals surface area contributed by atoms with E-state index < -0.39 is 5.97 Å². The molecular formula is C22H24N2O4. The Kier molecular flexibility index (Phi) is 4.71. The molecule has 1 aromatic carbocycles. The maximum atomic E-state index is 12.7. The number of benzene rings is 1. The number of hydrogen-bond acceptors (Lipinski definition) is 3. The Labute approximate surface area is 163 Å². The summed E-state index contributed by atoms with van der Waals surface area (Å²) in [5.41, 5.74) is 7.32. The van der Waals surface area contributed by atoms with Gasteiger partial charge in [0.15, 0.2) is 0 Å². The summed E-state index contributed by atoms with van der Waals surface area (Å²) >= 11 is 0. The van der Waals surface area contributed by atoms with Crippen molar-refractivity contribution in [3.05, 3.63) is 45.8 Å². The maximum Gasteiger partial charge on any atom is 0.303 e. The third kappa shape index (κ3) is 3.09. The zero-order valence-corrected chi connectivity index (χ0v) is 16.1. The van der Waals surface area contributed by atoms with Gasteiger partial charge in [-0.1, -0.05) is 6.07 Å². The molecule has 1 aromatic heterocycles. The molecule has 0 bridgehead atoms. The van der Waals surface area contributed by atoms with Gasteiger partial charge >= 0.3 is 5.97 Å². The van der Waals surface area contributed by atoms with E-state index in [-0.39, 0.29) is 12.3 Å². The molecule has 1 amide bonds. The van der Waals surface area contributed by atoms with E-state index in [2.05, 4.69) is 10.3 Å². The minimum absolute atomic E-state index is 0.0667. The quantitative estimate of drug-likeness (QED) is 0.690. The van der Waals surface area contributed by atoms with E-state index >= 15 is 0 Å². The highest BCUT2D eigenvalue weighted by atomic mass is 16.5. The number of aromatic nitrogens is 1. The van der Waals surface area contributed by atoms with E-state index in [9.17, 15) is 9.59 Å². The van der Waals surface area contributed by atoms with Gasteiger partial charge in [0.1, 0.15) is 5.75 Å². The number of carbonyl (C=O) groups excluding carboxylic acids is 1. The molecule has 146 valence electrons. The van der Waals surface area contributed by atoms with Gasteiger partial charge in [-0.25, -0.2) is 0 Å². The molecule has 0 spiro atoms. The van der Waals surface area contributed by atoms with Crippen LogP contribution in [0.5, 0.6) is 5.75 Å². The van der Waals surface area contributed by atoms with Gasteiger partial charge in [0.2, 0.25) is 0 Å². The molecule has 0 saturated carbocycles. The summed E-state index contributed by atoms with van der Waals surface area (Å²) in [5.74, 6) is -0.155. The first-order valence-corrected chi connectivity index (χ1v) is 9.65. The number of hydrogen-bond donors (Lipinski definition) is 3. The molecule has 0 fully saturated rings. The van der Waals surface area contributed by atoms with Crippen molar-refractivity contribution in [2.24, 2.45) is 0 Å². The van der Waals surface area contributed by atoms with E-state index in [4.69, 9.17) is 9.84 Å². The van der Waals surface area contributed by atoms with Gasteiger partial charge in [0.25, 0.3) is 5.91 Å². The molecule has 0 radical (unpaired) electrons. The van der Waals surface area contributed by atoms with E-state index in [0.29, 0.717) is 12.0 Å². The lowest BCUT2D eigenvalue weighted by Gasteiger charge is -2.11. The second-order valence-corrected chi connectivity index (χ2v) is 7.41. The predicted molar refractivity (Wildman–Crippen MR) is 108 cm³/mol. The Bertz CT molecular complexity index is 1000. The normalized spacial score (nSPS) is 16.6. The van der Waals surface area contributed by atoms with Crippen molar-refractivity contribution >= 4 is 29.2 Å². The van der Waals surface area contributed by atoms with Crippen molar-refractivity contribution < 1.29 is 19.4 Å². The molecule has 2 heterocycles. The first-order chi connectivity index (χ1) is 13.5. The number of fused-ring (bicyclic) bond motifs is 2. The van der Waals surface area contributed by atoms with Crippen LogP contribution >= 0.6 is 0 Å². The van der Waals surface area contributed by atoms with Crippen LogP contribution in [0.25, 0.3) is 11.6 Å². The fourth-order valence-electron chi connectivity index (χ4n) is 4.31. The smallest absolute Gasteiger partial charge is 0.303 e. The average Bonchev–Trinajstić information content (AvgIpc) is 3.18. The summed E-state index contributed by atoms with van der Waals surface area (Å²) in [6.07, 6.45) is 6.66. The largest absolute Gasteiger partial charge is 0.494 e. The zero-order chi connectivity index (χ0) is 19.8. The summed E-state index contributed by atoms with van der Waals surface area (Å²) < 4.78 is 5.66. The SMILES string of the molecule is COc1c(C=C2C(=O)Nc3ccc(CCC(=O)O)c(C)c32)[nH]c2c1CCCC2. The topological polar surface area (TPSA) is 91.4 Å². The Balaban J connectivity index is 1.78. The zero-order valence-electron chi connectivity index (χ0n) is 16.1.